The van der Waals surface area contributed by atoms with Gasteiger partial charge in [0.05, 0.1) is 12.9 Å². The lowest BCUT2D eigenvalue weighted by Crippen LogP contribution is -2.26. The normalized spacial score (nSPS) is 11.2. The van der Waals surface area contributed by atoms with Gasteiger partial charge < -0.3 is 4.74 Å². The van der Waals surface area contributed by atoms with Crippen LogP contribution in [0.1, 0.15) is 18.4 Å². The Morgan fingerprint density at radius 1 is 1.50 bits per heavy atom. The molecule has 1 N–H and O–H groups in total. The number of hydrogen-bond acceptors (Lipinski definition) is 5. The lowest BCUT2D eigenvalue weighted by Gasteiger charge is -2.06. The van der Waals surface area contributed by atoms with Crippen molar-refractivity contribution in [2.75, 3.05) is 12.9 Å². The van der Waals surface area contributed by atoms with Crippen molar-refractivity contribution in [1.29, 1.82) is 0 Å². The van der Waals surface area contributed by atoms with Gasteiger partial charge in [-0.2, -0.15) is 0 Å². The first kappa shape index (κ1) is 14.6. The van der Waals surface area contributed by atoms with Crippen molar-refractivity contribution in [3.05, 3.63) is 30.1 Å². The van der Waals surface area contributed by atoms with E-state index in [4.69, 9.17) is 0 Å². The minimum absolute atomic E-state index is 0.0949. The highest BCUT2D eigenvalue weighted by atomic mass is 32.2. The Morgan fingerprint density at radius 3 is 2.89 bits per heavy atom. The van der Waals surface area contributed by atoms with Gasteiger partial charge in [-0.25, -0.2) is 13.1 Å². The highest BCUT2D eigenvalue weighted by Crippen LogP contribution is 1.99. The summed E-state index contributed by atoms with van der Waals surface area (Å²) >= 11 is 0. The number of pyridine rings is 1. The molecule has 0 aromatic carbocycles. The van der Waals surface area contributed by atoms with Crippen LogP contribution in [0.3, 0.4) is 0 Å². The predicted molar refractivity (Wildman–Crippen MR) is 66.1 cm³/mol. The Morgan fingerprint density at radius 2 is 2.28 bits per heavy atom. The fraction of sp³-hybridized carbons (Fsp3) is 0.455. The molecule has 0 fully saturated rings. The van der Waals surface area contributed by atoms with Crippen molar-refractivity contribution in [2.45, 2.75) is 19.4 Å². The van der Waals surface area contributed by atoms with Crippen molar-refractivity contribution >= 4 is 16.0 Å². The zero-order chi connectivity index (χ0) is 13.4. The fourth-order valence-electron chi connectivity index (χ4n) is 1.28. The molecule has 1 aromatic rings. The van der Waals surface area contributed by atoms with Crippen molar-refractivity contribution in [3.8, 4) is 0 Å². The first-order valence-corrected chi connectivity index (χ1v) is 7.12. The summed E-state index contributed by atoms with van der Waals surface area (Å²) in [5.74, 6) is -0.500. The Labute approximate surface area is 106 Å². The number of hydrogen-bond donors (Lipinski definition) is 1. The largest absolute Gasteiger partial charge is 0.469 e. The van der Waals surface area contributed by atoms with E-state index < -0.39 is 16.0 Å². The third-order valence-corrected chi connectivity index (χ3v) is 3.65. The highest BCUT2D eigenvalue weighted by Gasteiger charge is 2.11. The molecule has 0 aliphatic heterocycles. The van der Waals surface area contributed by atoms with E-state index in [0.717, 1.165) is 5.56 Å². The number of carbonyl (C=O) groups excluding carboxylic acids is 1. The van der Waals surface area contributed by atoms with E-state index in [1.165, 1.54) is 7.11 Å². The number of esters is 1. The highest BCUT2D eigenvalue weighted by molar-refractivity contribution is 7.89. The van der Waals surface area contributed by atoms with E-state index in [1.807, 2.05) is 0 Å². The van der Waals surface area contributed by atoms with Crippen molar-refractivity contribution in [1.82, 2.24) is 9.71 Å². The van der Waals surface area contributed by atoms with Gasteiger partial charge in [0, 0.05) is 25.4 Å². The smallest absolute Gasteiger partial charge is 0.305 e. The monoisotopic (exact) mass is 272 g/mol. The van der Waals surface area contributed by atoms with Crippen LogP contribution in [0.15, 0.2) is 24.5 Å². The molecule has 6 nitrogen and oxygen atoms in total. The van der Waals surface area contributed by atoms with Crippen LogP contribution in [0.4, 0.5) is 0 Å². The van der Waals surface area contributed by atoms with Gasteiger partial charge in [-0.1, -0.05) is 6.07 Å². The van der Waals surface area contributed by atoms with Crippen LogP contribution >= 0.6 is 0 Å². The van der Waals surface area contributed by atoms with Gasteiger partial charge in [-0.3, -0.25) is 9.78 Å². The van der Waals surface area contributed by atoms with Gasteiger partial charge in [0.2, 0.25) is 10.0 Å². The maximum atomic E-state index is 11.6. The lowest BCUT2D eigenvalue weighted by molar-refractivity contribution is -0.140. The number of ether oxygens (including phenoxy) is 1. The van der Waals surface area contributed by atoms with Crippen LogP contribution in [0.2, 0.25) is 0 Å². The lowest BCUT2D eigenvalue weighted by atomic mass is 10.3. The molecule has 1 heterocycles. The van der Waals surface area contributed by atoms with Crippen LogP contribution in [-0.2, 0) is 26.1 Å². The Balaban J connectivity index is 2.34. The topological polar surface area (TPSA) is 85.4 Å². The van der Waals surface area contributed by atoms with Gasteiger partial charge in [0.25, 0.3) is 0 Å². The molecule has 0 saturated carbocycles. The Kier molecular flexibility index (Phi) is 5.73. The number of aromatic nitrogens is 1. The minimum atomic E-state index is -3.37. The van der Waals surface area contributed by atoms with Gasteiger partial charge >= 0.3 is 5.97 Å². The average molecular weight is 272 g/mol. The molecule has 0 unspecified atom stereocenters. The summed E-state index contributed by atoms with van der Waals surface area (Å²) in [6, 6.07) is 3.52. The van der Waals surface area contributed by atoms with Gasteiger partial charge in [-0.05, 0) is 18.1 Å². The van der Waals surface area contributed by atoms with Crippen LogP contribution in [0.25, 0.3) is 0 Å². The molecule has 1 rings (SSSR count). The van der Waals surface area contributed by atoms with Crippen molar-refractivity contribution in [2.24, 2.45) is 0 Å². The first-order chi connectivity index (χ1) is 8.53. The summed E-state index contributed by atoms with van der Waals surface area (Å²) in [6.45, 7) is 0.203. The standard InChI is InChI=1S/C11H16N2O4S/c1-17-11(14)5-3-7-18(15,16)13-9-10-4-2-6-12-8-10/h2,4,6,8,13H,3,5,7,9H2,1H3. The average Bonchev–Trinajstić information content (AvgIpc) is 2.37. The second kappa shape index (κ2) is 7.07. The molecule has 0 bridgehead atoms. The Bertz CT molecular complexity index is 473. The predicted octanol–water partition coefficient (Wildman–Crippen LogP) is 0.454. The number of nitrogens with one attached hydrogen (secondary N) is 1. The molecule has 0 amide bonds. The summed E-state index contributed by atoms with van der Waals surface area (Å²) in [4.78, 5) is 14.7. The van der Waals surface area contributed by atoms with Crippen LogP contribution < -0.4 is 4.72 Å². The molecule has 0 aliphatic carbocycles. The van der Waals surface area contributed by atoms with E-state index in [9.17, 15) is 13.2 Å². The zero-order valence-electron chi connectivity index (χ0n) is 10.1. The summed E-state index contributed by atoms with van der Waals surface area (Å²) in [5.41, 5.74) is 0.786. The summed E-state index contributed by atoms with van der Waals surface area (Å²) in [7, 11) is -2.09. The quantitative estimate of drug-likeness (QED) is 0.729. The SMILES string of the molecule is COC(=O)CCCS(=O)(=O)NCc1cccnc1. The second-order valence-electron chi connectivity index (χ2n) is 3.68. The molecule has 100 valence electrons. The zero-order valence-corrected chi connectivity index (χ0v) is 10.9. The van der Waals surface area contributed by atoms with Crippen molar-refractivity contribution in [3.63, 3.8) is 0 Å². The first-order valence-electron chi connectivity index (χ1n) is 5.46. The molecule has 0 radical (unpaired) electrons. The molecule has 0 saturated heterocycles. The molecule has 1 aromatic heterocycles. The maximum absolute atomic E-state index is 11.6. The number of rotatable bonds is 7. The summed E-state index contributed by atoms with van der Waals surface area (Å²) in [6.07, 6.45) is 3.56. The second-order valence-corrected chi connectivity index (χ2v) is 5.61. The molecular weight excluding hydrogens is 256 g/mol. The number of nitrogens with zero attached hydrogens (tertiary/aromatic N) is 1. The minimum Gasteiger partial charge on any atom is -0.469 e. The summed E-state index contributed by atoms with van der Waals surface area (Å²) < 4.78 is 30.1. The molecule has 0 aliphatic rings. The number of sulfonamides is 1. The summed E-state index contributed by atoms with van der Waals surface area (Å²) in [5, 5.41) is 0. The molecule has 0 atom stereocenters. The number of carbonyl (C=O) groups is 1. The van der Waals surface area contributed by atoms with Crippen LogP contribution in [-0.4, -0.2) is 32.2 Å². The molecule has 18 heavy (non-hydrogen) atoms. The molecule has 0 spiro atoms. The van der Waals surface area contributed by atoms with Gasteiger partial charge in [0.1, 0.15) is 0 Å². The van der Waals surface area contributed by atoms with Gasteiger partial charge in [-0.15, -0.1) is 0 Å². The van der Waals surface area contributed by atoms with E-state index >= 15 is 0 Å². The molecule has 7 heteroatoms. The molecular formula is C11H16N2O4S. The van der Waals surface area contributed by atoms with Crippen molar-refractivity contribution < 1.29 is 17.9 Å². The number of methoxy groups -OCH3 is 1. The van der Waals surface area contributed by atoms with E-state index in [-0.39, 0.29) is 25.1 Å². The third kappa shape index (κ3) is 5.74. The van der Waals surface area contributed by atoms with E-state index in [0.29, 0.717) is 0 Å². The maximum Gasteiger partial charge on any atom is 0.305 e. The van der Waals surface area contributed by atoms with Crippen LogP contribution in [0.5, 0.6) is 0 Å². The third-order valence-electron chi connectivity index (χ3n) is 2.24. The Hall–Kier alpha value is -1.47. The van der Waals surface area contributed by atoms with E-state index in [2.05, 4.69) is 14.4 Å². The van der Waals surface area contributed by atoms with Crippen LogP contribution in [0, 0.1) is 0 Å². The van der Waals surface area contributed by atoms with E-state index in [1.54, 1.807) is 24.5 Å². The van der Waals surface area contributed by atoms with Gasteiger partial charge in [0.15, 0.2) is 0 Å². The fourth-order valence-corrected chi connectivity index (χ4v) is 2.33.